The van der Waals surface area contributed by atoms with E-state index >= 15 is 0 Å². The van der Waals surface area contributed by atoms with E-state index in [-0.39, 0.29) is 34.7 Å². The molecule has 3 rings (SSSR count). The van der Waals surface area contributed by atoms with Crippen molar-refractivity contribution >= 4 is 25.8 Å². The Morgan fingerprint density at radius 1 is 1.17 bits per heavy atom. The molecule has 3 saturated heterocycles. The van der Waals surface area contributed by atoms with Gasteiger partial charge in [0, 0.05) is 12.2 Å². The number of thiocarbonyl (C=S) groups is 1. The minimum atomic E-state index is -2.03. The van der Waals surface area contributed by atoms with Gasteiger partial charge >= 0.3 is 5.24 Å². The molecule has 0 saturated carbocycles. The fourth-order valence-electron chi connectivity index (χ4n) is 2.96. The zero-order chi connectivity index (χ0) is 17.9. The molecule has 0 bridgehead atoms. The highest BCUT2D eigenvalue weighted by Gasteiger charge is 2.60. The van der Waals surface area contributed by atoms with Gasteiger partial charge in [-0.2, -0.15) is 0 Å². The molecule has 3 aliphatic heterocycles. The lowest BCUT2D eigenvalue weighted by Crippen LogP contribution is -2.52. The van der Waals surface area contributed by atoms with E-state index in [1.165, 1.54) is 0 Å². The molecule has 0 aromatic heterocycles. The zero-order valence-electron chi connectivity index (χ0n) is 15.5. The third-order valence-corrected chi connectivity index (χ3v) is 9.93. The van der Waals surface area contributed by atoms with Crippen molar-refractivity contribution in [3.05, 3.63) is 0 Å². The van der Waals surface area contributed by atoms with Crippen LogP contribution in [0.3, 0.4) is 0 Å². The Morgan fingerprint density at radius 2 is 1.83 bits per heavy atom. The second-order valence-corrected chi connectivity index (χ2v) is 13.7. The molecule has 24 heavy (non-hydrogen) atoms. The Balaban J connectivity index is 1.83. The Bertz CT molecular complexity index is 517. The lowest BCUT2D eigenvalue weighted by atomic mass is 10.1. The second kappa shape index (κ2) is 5.89. The quantitative estimate of drug-likeness (QED) is 0.554. The molecule has 0 radical (unpaired) electrons. The van der Waals surface area contributed by atoms with Crippen molar-refractivity contribution in [3.63, 3.8) is 0 Å². The molecule has 138 valence electrons. The lowest BCUT2D eigenvalue weighted by Gasteiger charge is -2.40. The summed E-state index contributed by atoms with van der Waals surface area (Å²) in [6.45, 7) is 15.2. The molecule has 0 aromatic rings. The van der Waals surface area contributed by atoms with Gasteiger partial charge in [0.15, 0.2) is 26.5 Å². The van der Waals surface area contributed by atoms with Crippen molar-refractivity contribution in [2.45, 2.75) is 89.2 Å². The number of ether oxygens (including phenoxy) is 5. The Hall–Kier alpha value is -0.253. The highest BCUT2D eigenvalue weighted by molar-refractivity contribution is 7.79. The van der Waals surface area contributed by atoms with Gasteiger partial charge in [-0.3, -0.25) is 0 Å². The van der Waals surface area contributed by atoms with Gasteiger partial charge in [0.2, 0.25) is 0 Å². The maximum absolute atomic E-state index is 6.66. The number of hydrogen-bond acceptors (Lipinski definition) is 7. The van der Waals surface area contributed by atoms with E-state index in [1.54, 1.807) is 0 Å². The van der Waals surface area contributed by atoms with Crippen LogP contribution in [0.2, 0.25) is 18.1 Å². The van der Waals surface area contributed by atoms with Gasteiger partial charge in [0.05, 0.1) is 0 Å². The topological polar surface area (TPSA) is 55.4 Å². The molecule has 0 spiro atoms. The third kappa shape index (κ3) is 3.36. The Morgan fingerprint density at radius 3 is 2.38 bits per heavy atom. The van der Waals surface area contributed by atoms with Crippen LogP contribution in [0.1, 0.15) is 34.6 Å². The molecule has 8 heteroatoms. The van der Waals surface area contributed by atoms with Gasteiger partial charge in [-0.25, -0.2) is 0 Å². The molecule has 5 atom stereocenters. The lowest BCUT2D eigenvalue weighted by molar-refractivity contribution is -0.222. The van der Waals surface area contributed by atoms with Gasteiger partial charge in [-0.15, -0.1) is 0 Å². The standard InChI is InChI=1S/C16H28O6SSi/c1-15(2,3)24(6,7)22-11-10(9-8-17-14(23)18-9)19-13-12(11)20-16(4,5)21-13/h9-13H,8H2,1-7H3/t9-,10-,11+,12-,13-/m1/s1. The van der Waals surface area contributed by atoms with Crippen molar-refractivity contribution < 1.29 is 28.1 Å². The first-order valence-corrected chi connectivity index (χ1v) is 11.7. The van der Waals surface area contributed by atoms with Crippen LogP contribution in [-0.4, -0.2) is 56.7 Å². The highest BCUT2D eigenvalue weighted by atomic mass is 32.1. The van der Waals surface area contributed by atoms with E-state index in [9.17, 15) is 0 Å². The average molecular weight is 377 g/mol. The first kappa shape index (κ1) is 18.5. The second-order valence-electron chi connectivity index (χ2n) is 8.63. The van der Waals surface area contributed by atoms with Crippen LogP contribution in [-0.2, 0) is 28.1 Å². The minimum Gasteiger partial charge on any atom is -0.453 e. The summed E-state index contributed by atoms with van der Waals surface area (Å²) in [5.41, 5.74) is 0. The minimum absolute atomic E-state index is 0.0763. The van der Waals surface area contributed by atoms with Gasteiger partial charge in [-0.1, -0.05) is 20.8 Å². The molecule has 0 N–H and O–H groups in total. The van der Waals surface area contributed by atoms with E-state index in [0.29, 0.717) is 6.61 Å². The van der Waals surface area contributed by atoms with E-state index in [1.807, 2.05) is 13.8 Å². The van der Waals surface area contributed by atoms with Crippen LogP contribution in [0.5, 0.6) is 0 Å². The van der Waals surface area contributed by atoms with E-state index in [2.05, 4.69) is 33.9 Å². The summed E-state index contributed by atoms with van der Waals surface area (Å²) in [4.78, 5) is 0. The van der Waals surface area contributed by atoms with Crippen LogP contribution >= 0.6 is 12.2 Å². The summed E-state index contributed by atoms with van der Waals surface area (Å²) in [6, 6.07) is 0. The summed E-state index contributed by atoms with van der Waals surface area (Å²) in [6.07, 6.45) is -1.64. The van der Waals surface area contributed by atoms with E-state index in [4.69, 9.17) is 40.3 Å². The summed E-state index contributed by atoms with van der Waals surface area (Å²) < 4.78 is 35.6. The SMILES string of the molecule is CC1(C)O[C@H]2O[C@H]([C@H]3COC(=S)O3)[C@H](O[Si](C)(C)C(C)(C)C)[C@H]2O1. The number of hydrogen-bond donors (Lipinski definition) is 0. The third-order valence-electron chi connectivity index (χ3n) is 5.24. The molecule has 6 nitrogen and oxygen atoms in total. The predicted molar refractivity (Wildman–Crippen MR) is 94.2 cm³/mol. The summed E-state index contributed by atoms with van der Waals surface area (Å²) >= 11 is 4.98. The van der Waals surface area contributed by atoms with Crippen molar-refractivity contribution in [3.8, 4) is 0 Å². The van der Waals surface area contributed by atoms with Crippen LogP contribution < -0.4 is 0 Å². The summed E-state index contributed by atoms with van der Waals surface area (Å²) in [7, 11) is -2.03. The Labute approximate surface area is 150 Å². The van der Waals surface area contributed by atoms with Crippen LogP contribution in [0.15, 0.2) is 0 Å². The van der Waals surface area contributed by atoms with Gasteiger partial charge in [-0.05, 0) is 32.0 Å². The van der Waals surface area contributed by atoms with Gasteiger partial charge in [0.1, 0.15) is 24.9 Å². The first-order valence-electron chi connectivity index (χ1n) is 8.42. The summed E-state index contributed by atoms with van der Waals surface area (Å²) in [5, 5.41) is 0.237. The van der Waals surface area contributed by atoms with Gasteiger partial charge in [0.25, 0.3) is 0 Å². The largest absolute Gasteiger partial charge is 0.453 e. The van der Waals surface area contributed by atoms with Crippen LogP contribution in [0.4, 0.5) is 0 Å². The molecule has 3 fully saturated rings. The van der Waals surface area contributed by atoms with E-state index < -0.39 is 20.4 Å². The van der Waals surface area contributed by atoms with Crippen LogP contribution in [0, 0.1) is 0 Å². The van der Waals surface area contributed by atoms with Crippen LogP contribution in [0.25, 0.3) is 0 Å². The molecule has 0 aliphatic carbocycles. The molecule has 3 aliphatic rings. The van der Waals surface area contributed by atoms with E-state index in [0.717, 1.165) is 0 Å². The average Bonchev–Trinajstić information content (AvgIpc) is 3.02. The maximum Gasteiger partial charge on any atom is 0.352 e. The summed E-state index contributed by atoms with van der Waals surface area (Å²) in [5.74, 6) is -0.683. The monoisotopic (exact) mass is 376 g/mol. The first-order chi connectivity index (χ1) is 10.9. The fourth-order valence-corrected chi connectivity index (χ4v) is 4.45. The molecule has 0 amide bonds. The fraction of sp³-hybridized carbons (Fsp3) is 0.938. The number of fused-ring (bicyclic) bond motifs is 1. The van der Waals surface area contributed by atoms with Crippen molar-refractivity contribution in [2.75, 3.05) is 6.61 Å². The van der Waals surface area contributed by atoms with Crippen molar-refractivity contribution in [1.82, 2.24) is 0 Å². The van der Waals surface area contributed by atoms with Crippen molar-refractivity contribution in [2.24, 2.45) is 0 Å². The zero-order valence-corrected chi connectivity index (χ0v) is 17.3. The highest BCUT2D eigenvalue weighted by Crippen LogP contribution is 2.45. The molecule has 0 unspecified atom stereocenters. The molecule has 3 heterocycles. The molecule has 0 aromatic carbocycles. The number of rotatable bonds is 3. The molecular formula is C16H28O6SSi. The Kier molecular flexibility index (Phi) is 4.55. The molecular weight excluding hydrogens is 348 g/mol. The normalized spacial score (nSPS) is 38.8. The van der Waals surface area contributed by atoms with Gasteiger partial charge < -0.3 is 28.1 Å². The predicted octanol–water partition coefficient (Wildman–Crippen LogP) is 2.95. The van der Waals surface area contributed by atoms with Crippen molar-refractivity contribution in [1.29, 1.82) is 0 Å². The smallest absolute Gasteiger partial charge is 0.352 e. The maximum atomic E-state index is 6.66.